The highest BCUT2D eigenvalue weighted by Gasteiger charge is 2.29. The number of para-hydroxylation sites is 1. The molecule has 1 fully saturated rings. The molecule has 1 amide bonds. The van der Waals surface area contributed by atoms with Gasteiger partial charge in [0, 0.05) is 13.1 Å². The van der Waals surface area contributed by atoms with Gasteiger partial charge in [0.05, 0.1) is 6.10 Å². The molecule has 0 saturated carbocycles. The number of amides is 1. The van der Waals surface area contributed by atoms with E-state index in [4.69, 9.17) is 4.74 Å². The molecule has 1 unspecified atom stereocenters. The molecule has 1 aliphatic rings. The number of ether oxygens (including phenoxy) is 1. The van der Waals surface area contributed by atoms with Gasteiger partial charge in [0.1, 0.15) is 0 Å². The number of aliphatic hydroxyl groups excluding tert-OH is 1. The fourth-order valence-corrected chi connectivity index (χ4v) is 1.98. The van der Waals surface area contributed by atoms with Gasteiger partial charge in [-0.15, -0.1) is 0 Å². The van der Waals surface area contributed by atoms with Crippen molar-refractivity contribution in [2.45, 2.75) is 25.6 Å². The van der Waals surface area contributed by atoms with Crippen molar-refractivity contribution in [2.24, 2.45) is 0 Å². The molecule has 1 aromatic carbocycles. The minimum Gasteiger partial charge on any atom is -0.478 e. The molecule has 2 rings (SSSR count). The second-order valence-electron chi connectivity index (χ2n) is 4.42. The molecule has 0 aromatic heterocycles. The second kappa shape index (κ2) is 5.35. The highest BCUT2D eigenvalue weighted by Crippen LogP contribution is 2.18. The lowest BCUT2D eigenvalue weighted by molar-refractivity contribution is -0.137. The third-order valence-electron chi connectivity index (χ3n) is 2.96. The van der Waals surface area contributed by atoms with Crippen LogP contribution in [0, 0.1) is 5.82 Å². The number of β-amino-alcohol motifs (C(OH)–C–C–N with tert-alkyl or cyclic N) is 1. The first-order chi connectivity index (χ1) is 8.58. The number of rotatable bonds is 3. The average molecular weight is 253 g/mol. The number of benzene rings is 1. The zero-order valence-electron chi connectivity index (χ0n) is 10.2. The van der Waals surface area contributed by atoms with Gasteiger partial charge in [0.2, 0.25) is 0 Å². The Morgan fingerprint density at radius 1 is 1.56 bits per heavy atom. The molecule has 98 valence electrons. The van der Waals surface area contributed by atoms with Crippen molar-refractivity contribution in [2.75, 3.05) is 13.1 Å². The normalized spacial score (nSPS) is 20.8. The maximum absolute atomic E-state index is 13.4. The summed E-state index contributed by atoms with van der Waals surface area (Å²) in [5.74, 6) is -0.647. The topological polar surface area (TPSA) is 49.8 Å². The first kappa shape index (κ1) is 12.8. The van der Waals surface area contributed by atoms with Gasteiger partial charge in [-0.1, -0.05) is 12.1 Å². The summed E-state index contributed by atoms with van der Waals surface area (Å²) in [7, 11) is 0. The Labute approximate surface area is 105 Å². The first-order valence-electron chi connectivity index (χ1n) is 5.96. The molecule has 0 radical (unpaired) electrons. The Morgan fingerprint density at radius 3 is 2.89 bits per heavy atom. The summed E-state index contributed by atoms with van der Waals surface area (Å²) in [5.41, 5.74) is 0. The molecular weight excluding hydrogens is 237 g/mol. The third kappa shape index (κ3) is 2.79. The number of halogens is 1. The number of aliphatic hydroxyl groups is 1. The smallest absolute Gasteiger partial charge is 0.263 e. The fraction of sp³-hybridized carbons (Fsp3) is 0.462. The highest BCUT2D eigenvalue weighted by molar-refractivity contribution is 5.81. The number of carbonyl (C=O) groups is 1. The van der Waals surface area contributed by atoms with Crippen LogP contribution in [0.3, 0.4) is 0 Å². The van der Waals surface area contributed by atoms with Crippen LogP contribution < -0.4 is 4.74 Å². The van der Waals surface area contributed by atoms with Crippen LogP contribution in [-0.2, 0) is 4.79 Å². The van der Waals surface area contributed by atoms with Crippen LogP contribution in [0.4, 0.5) is 4.39 Å². The molecule has 5 heteroatoms. The maximum Gasteiger partial charge on any atom is 0.263 e. The van der Waals surface area contributed by atoms with E-state index >= 15 is 0 Å². The van der Waals surface area contributed by atoms with Gasteiger partial charge < -0.3 is 14.7 Å². The highest BCUT2D eigenvalue weighted by atomic mass is 19.1. The molecule has 0 bridgehead atoms. The van der Waals surface area contributed by atoms with Gasteiger partial charge in [-0.05, 0) is 25.5 Å². The molecule has 2 atom stereocenters. The van der Waals surface area contributed by atoms with E-state index in [-0.39, 0.29) is 11.7 Å². The van der Waals surface area contributed by atoms with Crippen LogP contribution in [-0.4, -0.2) is 41.2 Å². The Kier molecular flexibility index (Phi) is 3.81. The molecule has 1 saturated heterocycles. The van der Waals surface area contributed by atoms with E-state index in [9.17, 15) is 14.3 Å². The Morgan fingerprint density at radius 2 is 2.28 bits per heavy atom. The lowest BCUT2D eigenvalue weighted by atomic mass is 10.3. The summed E-state index contributed by atoms with van der Waals surface area (Å²) in [6, 6.07) is 5.98. The van der Waals surface area contributed by atoms with Crippen LogP contribution in [0.2, 0.25) is 0 Å². The first-order valence-corrected chi connectivity index (χ1v) is 5.96. The molecule has 1 heterocycles. The Bertz CT molecular complexity index is 438. The summed E-state index contributed by atoms with van der Waals surface area (Å²) >= 11 is 0. The quantitative estimate of drug-likeness (QED) is 0.880. The van der Waals surface area contributed by atoms with E-state index < -0.39 is 18.0 Å². The SMILES string of the molecule is CC(Oc1ccccc1F)C(=O)N1CC[C@@H](O)C1. The van der Waals surface area contributed by atoms with Crippen molar-refractivity contribution in [1.82, 2.24) is 4.90 Å². The van der Waals surface area contributed by atoms with Gasteiger partial charge in [-0.2, -0.15) is 0 Å². The van der Waals surface area contributed by atoms with E-state index in [2.05, 4.69) is 0 Å². The minimum atomic E-state index is -0.757. The lowest BCUT2D eigenvalue weighted by Crippen LogP contribution is -2.39. The van der Waals surface area contributed by atoms with Crippen molar-refractivity contribution >= 4 is 5.91 Å². The van der Waals surface area contributed by atoms with E-state index in [1.54, 1.807) is 19.1 Å². The standard InChI is InChI=1S/C13H16FNO3/c1-9(13(17)15-7-6-10(16)8-15)18-12-5-3-2-4-11(12)14/h2-5,9-10,16H,6-8H2,1H3/t9?,10-/m1/s1. The molecule has 0 spiro atoms. The van der Waals surface area contributed by atoms with Crippen molar-refractivity contribution < 1.29 is 19.0 Å². The molecule has 4 nitrogen and oxygen atoms in total. The van der Waals surface area contributed by atoms with E-state index in [1.807, 2.05) is 0 Å². The van der Waals surface area contributed by atoms with E-state index in [0.717, 1.165) is 0 Å². The zero-order chi connectivity index (χ0) is 13.1. The maximum atomic E-state index is 13.4. The van der Waals surface area contributed by atoms with Crippen molar-refractivity contribution in [3.8, 4) is 5.75 Å². The number of hydrogen-bond donors (Lipinski definition) is 1. The Hall–Kier alpha value is -1.62. The number of likely N-dealkylation sites (tertiary alicyclic amines) is 1. The molecule has 1 aromatic rings. The predicted octanol–water partition coefficient (Wildman–Crippen LogP) is 1.19. The summed E-state index contributed by atoms with van der Waals surface area (Å²) in [4.78, 5) is 13.5. The van der Waals surface area contributed by atoms with Crippen molar-refractivity contribution in [3.63, 3.8) is 0 Å². The van der Waals surface area contributed by atoms with Crippen molar-refractivity contribution in [3.05, 3.63) is 30.1 Å². The van der Waals surface area contributed by atoms with Crippen molar-refractivity contribution in [1.29, 1.82) is 0 Å². The molecule has 0 aliphatic carbocycles. The second-order valence-corrected chi connectivity index (χ2v) is 4.42. The van der Waals surface area contributed by atoms with Gasteiger partial charge >= 0.3 is 0 Å². The number of carbonyl (C=O) groups excluding carboxylic acids is 1. The van der Waals surface area contributed by atoms with E-state index in [1.165, 1.54) is 17.0 Å². The van der Waals surface area contributed by atoms with Crippen LogP contribution in [0.1, 0.15) is 13.3 Å². The monoisotopic (exact) mass is 253 g/mol. The minimum absolute atomic E-state index is 0.0677. The van der Waals surface area contributed by atoms with E-state index in [0.29, 0.717) is 19.5 Å². The summed E-state index contributed by atoms with van der Waals surface area (Å²) < 4.78 is 18.7. The Balaban J connectivity index is 1.98. The zero-order valence-corrected chi connectivity index (χ0v) is 10.2. The molecular formula is C13H16FNO3. The average Bonchev–Trinajstić information content (AvgIpc) is 2.78. The summed E-state index contributed by atoms with van der Waals surface area (Å²) in [6.07, 6.45) is -0.639. The van der Waals surface area contributed by atoms with Crippen LogP contribution in [0.15, 0.2) is 24.3 Å². The summed E-state index contributed by atoms with van der Waals surface area (Å²) in [6.45, 7) is 2.42. The summed E-state index contributed by atoms with van der Waals surface area (Å²) in [5, 5.41) is 9.37. The predicted molar refractivity (Wildman–Crippen MR) is 63.7 cm³/mol. The molecule has 1 aliphatic heterocycles. The third-order valence-corrected chi connectivity index (χ3v) is 2.96. The number of nitrogens with zero attached hydrogens (tertiary/aromatic N) is 1. The largest absolute Gasteiger partial charge is 0.478 e. The van der Waals surface area contributed by atoms with Crippen LogP contribution >= 0.6 is 0 Å². The van der Waals surface area contributed by atoms with Gasteiger partial charge in [-0.25, -0.2) is 4.39 Å². The van der Waals surface area contributed by atoms with Crippen LogP contribution in [0.5, 0.6) is 5.75 Å². The van der Waals surface area contributed by atoms with Gasteiger partial charge in [-0.3, -0.25) is 4.79 Å². The fourth-order valence-electron chi connectivity index (χ4n) is 1.98. The molecule has 1 N–H and O–H groups in total. The molecule has 18 heavy (non-hydrogen) atoms. The van der Waals surface area contributed by atoms with Gasteiger partial charge in [0.15, 0.2) is 17.7 Å². The van der Waals surface area contributed by atoms with Gasteiger partial charge in [0.25, 0.3) is 5.91 Å². The lowest BCUT2D eigenvalue weighted by Gasteiger charge is -2.21. The van der Waals surface area contributed by atoms with Crippen LogP contribution in [0.25, 0.3) is 0 Å². The number of hydrogen-bond acceptors (Lipinski definition) is 3.